The average molecular weight is 392 g/mol. The van der Waals surface area contributed by atoms with Crippen molar-refractivity contribution in [3.05, 3.63) is 33.3 Å². The number of ether oxygens (including phenoxy) is 1. The van der Waals surface area contributed by atoms with Crippen molar-refractivity contribution in [3.8, 4) is 0 Å². The number of hydrogen-bond acceptors (Lipinski definition) is 3. The van der Waals surface area contributed by atoms with Crippen LogP contribution in [0.2, 0.25) is 5.02 Å². The highest BCUT2D eigenvalue weighted by atomic mass is 79.9. The van der Waals surface area contributed by atoms with Crippen LogP contribution in [0.1, 0.15) is 40.2 Å². The first-order valence-corrected chi connectivity index (χ1v) is 8.31. The van der Waals surface area contributed by atoms with Crippen molar-refractivity contribution >= 4 is 33.6 Å². The zero-order chi connectivity index (χ0) is 17.0. The van der Waals surface area contributed by atoms with Crippen molar-refractivity contribution in [3.63, 3.8) is 0 Å². The molecular formula is C16H24BrClN2O2. The molecule has 0 unspecified atom stereocenters. The number of carbonyl (C=O) groups excluding carboxylic acids is 1. The lowest BCUT2D eigenvalue weighted by Gasteiger charge is -2.29. The van der Waals surface area contributed by atoms with Gasteiger partial charge in [0.15, 0.2) is 0 Å². The van der Waals surface area contributed by atoms with Crippen LogP contribution in [0.5, 0.6) is 0 Å². The van der Waals surface area contributed by atoms with Crippen LogP contribution in [0, 0.1) is 0 Å². The fourth-order valence-corrected chi connectivity index (χ4v) is 2.34. The molecule has 0 heterocycles. The molecule has 22 heavy (non-hydrogen) atoms. The summed E-state index contributed by atoms with van der Waals surface area (Å²) in [7, 11) is 0. The molecule has 4 nitrogen and oxygen atoms in total. The van der Waals surface area contributed by atoms with Gasteiger partial charge in [-0.15, -0.1) is 0 Å². The zero-order valence-electron chi connectivity index (χ0n) is 13.7. The van der Waals surface area contributed by atoms with E-state index >= 15 is 0 Å². The number of hydrogen-bond donors (Lipinski definition) is 2. The molecule has 1 rings (SSSR count). The molecule has 0 atom stereocenters. The monoisotopic (exact) mass is 390 g/mol. The van der Waals surface area contributed by atoms with Crippen molar-refractivity contribution in [1.29, 1.82) is 0 Å². The number of halogens is 2. The Morgan fingerprint density at radius 2 is 1.91 bits per heavy atom. The van der Waals surface area contributed by atoms with Gasteiger partial charge in [-0.3, -0.25) is 0 Å². The van der Waals surface area contributed by atoms with E-state index in [1.165, 1.54) is 0 Å². The van der Waals surface area contributed by atoms with Crippen molar-refractivity contribution in [1.82, 2.24) is 10.6 Å². The van der Waals surface area contributed by atoms with Crippen LogP contribution in [-0.4, -0.2) is 23.8 Å². The Labute approximate surface area is 146 Å². The second kappa shape index (κ2) is 7.66. The summed E-state index contributed by atoms with van der Waals surface area (Å²) in [6.45, 7) is 10.7. The predicted molar refractivity (Wildman–Crippen MR) is 94.3 cm³/mol. The Balaban J connectivity index is 2.45. The molecule has 0 aliphatic heterocycles. The van der Waals surface area contributed by atoms with Crippen LogP contribution in [-0.2, 0) is 11.3 Å². The van der Waals surface area contributed by atoms with Gasteiger partial charge < -0.3 is 15.4 Å². The number of rotatable bonds is 5. The smallest absolute Gasteiger partial charge is 0.408 e. The Morgan fingerprint density at radius 1 is 1.27 bits per heavy atom. The van der Waals surface area contributed by atoms with Crippen LogP contribution >= 0.6 is 27.5 Å². The highest BCUT2D eigenvalue weighted by Crippen LogP contribution is 2.23. The number of nitrogens with one attached hydrogen (secondary N) is 2. The number of carbonyl (C=O) groups is 1. The number of alkyl carbamates (subject to hydrolysis) is 1. The normalized spacial score (nSPS) is 12.1. The first kappa shape index (κ1) is 19.3. The highest BCUT2D eigenvalue weighted by molar-refractivity contribution is 9.10. The predicted octanol–water partition coefficient (Wildman–Crippen LogP) is 4.50. The first-order valence-electron chi connectivity index (χ1n) is 7.14. The summed E-state index contributed by atoms with van der Waals surface area (Å²) >= 11 is 9.37. The first-order chi connectivity index (χ1) is 9.98. The summed E-state index contributed by atoms with van der Waals surface area (Å²) < 4.78 is 6.14. The van der Waals surface area contributed by atoms with Crippen LogP contribution in [0.3, 0.4) is 0 Å². The summed E-state index contributed by atoms with van der Waals surface area (Å²) in [5, 5.41) is 6.88. The highest BCUT2D eigenvalue weighted by Gasteiger charge is 2.24. The van der Waals surface area contributed by atoms with Crippen molar-refractivity contribution in [2.75, 3.05) is 6.54 Å². The third kappa shape index (κ3) is 7.47. The third-order valence-electron chi connectivity index (χ3n) is 2.72. The lowest BCUT2D eigenvalue weighted by atomic mass is 10.1. The van der Waals surface area contributed by atoms with Gasteiger partial charge in [-0.2, -0.15) is 0 Å². The van der Waals surface area contributed by atoms with Gasteiger partial charge in [0.05, 0.1) is 10.6 Å². The maximum Gasteiger partial charge on any atom is 0.408 e. The van der Waals surface area contributed by atoms with E-state index in [0.717, 1.165) is 10.0 Å². The van der Waals surface area contributed by atoms with Gasteiger partial charge in [0.2, 0.25) is 0 Å². The Bertz CT molecular complexity index is 527. The van der Waals surface area contributed by atoms with Crippen LogP contribution in [0.15, 0.2) is 22.7 Å². The fourth-order valence-electron chi connectivity index (χ4n) is 1.79. The van der Waals surface area contributed by atoms with Crippen molar-refractivity contribution in [2.45, 2.75) is 52.3 Å². The van der Waals surface area contributed by atoms with E-state index in [-0.39, 0.29) is 0 Å². The molecule has 1 aromatic rings. The van der Waals surface area contributed by atoms with Crippen LogP contribution < -0.4 is 10.6 Å². The summed E-state index contributed by atoms with van der Waals surface area (Å²) in [5.74, 6) is 0. The molecule has 0 spiro atoms. The van der Waals surface area contributed by atoms with Gasteiger partial charge in [0.1, 0.15) is 5.60 Å². The van der Waals surface area contributed by atoms with E-state index in [1.54, 1.807) is 0 Å². The molecule has 0 aromatic heterocycles. The van der Waals surface area contributed by atoms with Gasteiger partial charge in [-0.25, -0.2) is 4.79 Å². The van der Waals surface area contributed by atoms with Crippen molar-refractivity contribution < 1.29 is 9.53 Å². The van der Waals surface area contributed by atoms with Gasteiger partial charge in [0.25, 0.3) is 0 Å². The minimum atomic E-state index is -0.497. The second-order valence-electron chi connectivity index (χ2n) is 6.86. The van der Waals surface area contributed by atoms with Crippen LogP contribution in [0.25, 0.3) is 0 Å². The average Bonchev–Trinajstić information content (AvgIpc) is 2.30. The Kier molecular flexibility index (Phi) is 6.71. The minimum absolute atomic E-state index is 0.409. The van der Waals surface area contributed by atoms with E-state index in [4.69, 9.17) is 16.3 Å². The molecule has 124 valence electrons. The zero-order valence-corrected chi connectivity index (χ0v) is 16.1. The summed E-state index contributed by atoms with van der Waals surface area (Å²) in [6.07, 6.45) is -0.409. The molecule has 0 radical (unpaired) electrons. The topological polar surface area (TPSA) is 50.4 Å². The van der Waals surface area contributed by atoms with E-state index in [1.807, 2.05) is 52.8 Å². The molecule has 6 heteroatoms. The molecule has 0 aliphatic rings. The molecule has 1 amide bonds. The quantitative estimate of drug-likeness (QED) is 0.777. The van der Waals surface area contributed by atoms with Gasteiger partial charge in [-0.05, 0) is 68.2 Å². The largest absolute Gasteiger partial charge is 0.444 e. The van der Waals surface area contributed by atoms with Gasteiger partial charge in [0, 0.05) is 17.6 Å². The maximum absolute atomic E-state index is 11.8. The molecule has 0 fully saturated rings. The minimum Gasteiger partial charge on any atom is -0.444 e. The molecule has 1 aromatic carbocycles. The van der Waals surface area contributed by atoms with E-state index in [0.29, 0.717) is 18.1 Å². The SMILES string of the molecule is CC(C)(CNCc1ccc(Cl)c(Br)c1)NC(=O)OC(C)(C)C. The number of amides is 1. The van der Waals surface area contributed by atoms with E-state index in [9.17, 15) is 4.79 Å². The fraction of sp³-hybridized carbons (Fsp3) is 0.562. The summed E-state index contributed by atoms with van der Waals surface area (Å²) in [6, 6.07) is 5.80. The second-order valence-corrected chi connectivity index (χ2v) is 8.12. The van der Waals surface area contributed by atoms with E-state index < -0.39 is 17.2 Å². The molecule has 2 N–H and O–H groups in total. The molecule has 0 saturated carbocycles. The Morgan fingerprint density at radius 3 is 2.45 bits per heavy atom. The van der Waals surface area contributed by atoms with Crippen molar-refractivity contribution in [2.24, 2.45) is 0 Å². The molecule has 0 saturated heterocycles. The van der Waals surface area contributed by atoms with Crippen LogP contribution in [0.4, 0.5) is 4.79 Å². The standard InChI is InChI=1S/C16H24BrClN2O2/c1-15(2,3)22-14(21)20-16(4,5)10-19-9-11-6-7-13(18)12(17)8-11/h6-8,19H,9-10H2,1-5H3,(H,20,21). The third-order valence-corrected chi connectivity index (χ3v) is 3.93. The van der Waals surface area contributed by atoms with Gasteiger partial charge in [-0.1, -0.05) is 17.7 Å². The molecule has 0 aliphatic carbocycles. The lowest BCUT2D eigenvalue weighted by molar-refractivity contribution is 0.0472. The number of benzene rings is 1. The molecule has 0 bridgehead atoms. The summed E-state index contributed by atoms with van der Waals surface area (Å²) in [5.41, 5.74) is 0.208. The lowest BCUT2D eigenvalue weighted by Crippen LogP contribution is -2.51. The van der Waals surface area contributed by atoms with E-state index in [2.05, 4.69) is 26.6 Å². The summed E-state index contributed by atoms with van der Waals surface area (Å²) in [4.78, 5) is 11.8. The molecular weight excluding hydrogens is 368 g/mol. The Hall–Kier alpha value is -0.780. The van der Waals surface area contributed by atoms with Gasteiger partial charge >= 0.3 is 6.09 Å². The maximum atomic E-state index is 11.8.